The Kier molecular flexibility index (Phi) is 7.89. The maximum Gasteiger partial charge on any atom is 0.420 e. The molecule has 0 radical (unpaired) electrons. The fraction of sp³-hybridized carbons (Fsp3) is 0.310. The average molecular weight is 583 g/mol. The number of halogens is 3. The van der Waals surface area contributed by atoms with E-state index in [1.165, 1.54) is 28.8 Å². The molecule has 0 bridgehead atoms. The summed E-state index contributed by atoms with van der Waals surface area (Å²) >= 11 is 0. The molecule has 0 aliphatic carbocycles. The monoisotopic (exact) mass is 582 g/mol. The molecule has 0 fully saturated rings. The first-order valence-electron chi connectivity index (χ1n) is 13.2. The highest BCUT2D eigenvalue weighted by molar-refractivity contribution is 5.94. The third-order valence-electron chi connectivity index (χ3n) is 7.06. The lowest BCUT2D eigenvalue weighted by molar-refractivity contribution is -0.260. The number of imidazole rings is 1. The number of benzene rings is 2. The highest BCUT2D eigenvalue weighted by Crippen LogP contribution is 2.31. The van der Waals surface area contributed by atoms with Gasteiger partial charge in [-0.15, -0.1) is 0 Å². The van der Waals surface area contributed by atoms with Crippen molar-refractivity contribution in [2.75, 3.05) is 6.61 Å². The zero-order chi connectivity index (χ0) is 30.1. The molecule has 2 atom stereocenters. The number of carbonyl (C=O) groups is 1. The van der Waals surface area contributed by atoms with E-state index in [4.69, 9.17) is 4.74 Å². The van der Waals surface area contributed by atoms with Crippen molar-refractivity contribution in [1.82, 2.24) is 30.0 Å². The van der Waals surface area contributed by atoms with E-state index in [9.17, 15) is 27.9 Å². The zero-order valence-electron chi connectivity index (χ0n) is 22.9. The van der Waals surface area contributed by atoms with E-state index < -0.39 is 30.0 Å². The maximum atomic E-state index is 13.7. The topological polar surface area (TPSA) is 123 Å². The number of hydrogen-bond donors (Lipinski definition) is 3. The molecule has 4 aromatic rings. The van der Waals surface area contributed by atoms with Crippen molar-refractivity contribution in [1.29, 1.82) is 0 Å². The lowest BCUT2D eigenvalue weighted by Gasteiger charge is -2.26. The number of rotatable bonds is 8. The minimum atomic E-state index is -4.87. The molecule has 1 aliphatic rings. The number of carbonyl (C=O) groups excluding carboxylic acids is 1. The SMILES string of the molecule is CC1Cn2c(c(C(=O)NCc3ccccc3-c3cccnn3)n(-c3ccc(OCC(C)(O)C(F)(F)F)cc3)c2=O)CN1. The van der Waals surface area contributed by atoms with Gasteiger partial charge < -0.3 is 20.5 Å². The molecule has 5 rings (SSSR count). The van der Waals surface area contributed by atoms with Crippen molar-refractivity contribution in [3.05, 3.63) is 94.3 Å². The van der Waals surface area contributed by atoms with Crippen molar-refractivity contribution in [3.8, 4) is 22.7 Å². The van der Waals surface area contributed by atoms with Gasteiger partial charge in [0.1, 0.15) is 18.1 Å². The minimum Gasteiger partial charge on any atom is -0.490 e. The highest BCUT2D eigenvalue weighted by Gasteiger charge is 2.50. The summed E-state index contributed by atoms with van der Waals surface area (Å²) in [5.41, 5.74) is -0.215. The zero-order valence-corrected chi connectivity index (χ0v) is 22.9. The van der Waals surface area contributed by atoms with E-state index in [1.54, 1.807) is 16.8 Å². The van der Waals surface area contributed by atoms with Crippen LogP contribution in [0.4, 0.5) is 13.2 Å². The predicted octanol–water partition coefficient (Wildman–Crippen LogP) is 3.21. The molecule has 2 unspecified atom stereocenters. The standard InChI is InChI=1S/C29H29F3N6O4/c1-18-16-37-24(15-33-18)25(26(39)34-14-19-6-3-4-7-22(19)23-8-5-13-35-36-23)38(27(37)40)20-9-11-21(12-10-20)42-17-28(2,41)29(30,31)32/h3-13,18,33,41H,14-17H2,1-2H3,(H,34,39). The summed E-state index contributed by atoms with van der Waals surface area (Å²) in [6.07, 6.45) is -3.29. The number of hydrogen-bond acceptors (Lipinski definition) is 7. The minimum absolute atomic E-state index is 0.00183. The Bertz CT molecular complexity index is 1630. The highest BCUT2D eigenvalue weighted by atomic mass is 19.4. The van der Waals surface area contributed by atoms with Gasteiger partial charge >= 0.3 is 11.9 Å². The summed E-state index contributed by atoms with van der Waals surface area (Å²) in [7, 11) is 0. The van der Waals surface area contributed by atoms with Crippen LogP contribution in [-0.2, 0) is 19.6 Å². The Hall–Kier alpha value is -4.49. The Morgan fingerprint density at radius 3 is 2.57 bits per heavy atom. The van der Waals surface area contributed by atoms with E-state index in [2.05, 4.69) is 20.8 Å². The van der Waals surface area contributed by atoms with Gasteiger partial charge in [0.15, 0.2) is 5.60 Å². The molecule has 1 amide bonds. The molecule has 0 saturated heterocycles. The van der Waals surface area contributed by atoms with Crippen LogP contribution in [-0.4, -0.2) is 54.8 Å². The van der Waals surface area contributed by atoms with Crippen molar-refractivity contribution in [2.24, 2.45) is 0 Å². The summed E-state index contributed by atoms with van der Waals surface area (Å²) in [5.74, 6) is -0.421. The van der Waals surface area contributed by atoms with Gasteiger partial charge in [0.05, 0.1) is 17.1 Å². The Labute approximate surface area is 238 Å². The van der Waals surface area contributed by atoms with E-state index in [-0.39, 0.29) is 30.6 Å². The molecule has 10 nitrogen and oxygen atoms in total. The van der Waals surface area contributed by atoms with Crippen LogP contribution in [0.2, 0.25) is 0 Å². The molecule has 0 saturated carbocycles. The van der Waals surface area contributed by atoms with Gasteiger partial charge in [-0.2, -0.15) is 23.4 Å². The molecule has 220 valence electrons. The molecule has 0 spiro atoms. The van der Waals surface area contributed by atoms with Crippen LogP contribution in [0.5, 0.6) is 5.75 Å². The van der Waals surface area contributed by atoms with Gasteiger partial charge in [-0.3, -0.25) is 13.9 Å². The largest absolute Gasteiger partial charge is 0.490 e. The number of alkyl halides is 3. The second-order valence-electron chi connectivity index (χ2n) is 10.3. The van der Waals surface area contributed by atoms with Crippen LogP contribution in [0.25, 0.3) is 16.9 Å². The van der Waals surface area contributed by atoms with Crippen LogP contribution < -0.4 is 21.1 Å². The second-order valence-corrected chi connectivity index (χ2v) is 10.3. The number of aromatic nitrogens is 4. The Balaban J connectivity index is 1.44. The number of ether oxygens (including phenoxy) is 1. The first-order chi connectivity index (χ1) is 20.0. The van der Waals surface area contributed by atoms with Gasteiger partial charge in [-0.25, -0.2) is 4.79 Å². The van der Waals surface area contributed by atoms with Gasteiger partial charge in [0, 0.05) is 37.4 Å². The van der Waals surface area contributed by atoms with E-state index in [1.807, 2.05) is 37.3 Å². The molecule has 3 heterocycles. The van der Waals surface area contributed by atoms with Crippen molar-refractivity contribution in [2.45, 2.75) is 51.3 Å². The summed E-state index contributed by atoms with van der Waals surface area (Å²) < 4.78 is 47.0. The first-order valence-corrected chi connectivity index (χ1v) is 13.2. The molecule has 3 N–H and O–H groups in total. The normalized spacial score (nSPS) is 16.4. The van der Waals surface area contributed by atoms with Crippen molar-refractivity contribution >= 4 is 5.91 Å². The number of amides is 1. The predicted molar refractivity (Wildman–Crippen MR) is 147 cm³/mol. The number of nitrogens with zero attached hydrogens (tertiary/aromatic N) is 4. The first kappa shape index (κ1) is 29.0. The van der Waals surface area contributed by atoms with Crippen LogP contribution in [0.3, 0.4) is 0 Å². The van der Waals surface area contributed by atoms with Crippen LogP contribution >= 0.6 is 0 Å². The molecular weight excluding hydrogens is 553 g/mol. The van der Waals surface area contributed by atoms with E-state index in [0.717, 1.165) is 11.1 Å². The summed E-state index contributed by atoms with van der Waals surface area (Å²) in [6, 6.07) is 16.8. The van der Waals surface area contributed by atoms with Gasteiger partial charge in [-0.1, -0.05) is 24.3 Å². The van der Waals surface area contributed by atoms with Gasteiger partial charge in [-0.05, 0) is 55.8 Å². The molecule has 42 heavy (non-hydrogen) atoms. The Morgan fingerprint density at radius 1 is 1.14 bits per heavy atom. The van der Waals surface area contributed by atoms with Gasteiger partial charge in [0.2, 0.25) is 0 Å². The third-order valence-corrected chi connectivity index (χ3v) is 7.06. The molecule has 2 aromatic heterocycles. The quantitative estimate of drug-likeness (QED) is 0.292. The lowest BCUT2D eigenvalue weighted by atomic mass is 10.0. The molecule has 2 aromatic carbocycles. The second kappa shape index (κ2) is 11.4. The maximum absolute atomic E-state index is 13.7. The van der Waals surface area contributed by atoms with Crippen molar-refractivity contribution < 1.29 is 27.8 Å². The fourth-order valence-electron chi connectivity index (χ4n) is 4.66. The van der Waals surface area contributed by atoms with Crippen LogP contribution in [0.1, 0.15) is 35.6 Å². The van der Waals surface area contributed by atoms with E-state index in [0.29, 0.717) is 30.5 Å². The number of fused-ring (bicyclic) bond motifs is 1. The molecule has 1 aliphatic heterocycles. The van der Waals surface area contributed by atoms with Crippen molar-refractivity contribution in [3.63, 3.8) is 0 Å². The molecular formula is C29H29F3N6O4. The van der Waals surface area contributed by atoms with Crippen LogP contribution in [0.15, 0.2) is 71.7 Å². The summed E-state index contributed by atoms with van der Waals surface area (Å²) in [6.45, 7) is 2.33. The fourth-order valence-corrected chi connectivity index (χ4v) is 4.66. The van der Waals surface area contributed by atoms with E-state index >= 15 is 0 Å². The number of aliphatic hydroxyl groups is 1. The molecule has 13 heteroatoms. The van der Waals surface area contributed by atoms with Gasteiger partial charge in [0.25, 0.3) is 5.91 Å². The van der Waals surface area contributed by atoms with Crippen LogP contribution in [0, 0.1) is 0 Å². The number of nitrogens with one attached hydrogen (secondary N) is 2. The smallest absolute Gasteiger partial charge is 0.420 e. The third kappa shape index (κ3) is 5.78. The Morgan fingerprint density at radius 2 is 1.88 bits per heavy atom. The lowest BCUT2D eigenvalue weighted by Crippen LogP contribution is -2.47. The summed E-state index contributed by atoms with van der Waals surface area (Å²) in [5, 5.41) is 24.0. The summed E-state index contributed by atoms with van der Waals surface area (Å²) in [4.78, 5) is 27.3. The average Bonchev–Trinajstić information content (AvgIpc) is 3.26.